The lowest BCUT2D eigenvalue weighted by molar-refractivity contribution is -0.121. The van der Waals surface area contributed by atoms with E-state index in [-0.39, 0.29) is 29.3 Å². The Morgan fingerprint density at radius 1 is 1.15 bits per heavy atom. The lowest BCUT2D eigenvalue weighted by atomic mass is 9.98. The zero-order chi connectivity index (χ0) is 20.1. The van der Waals surface area contributed by atoms with E-state index < -0.39 is 21.7 Å². The van der Waals surface area contributed by atoms with Gasteiger partial charge in [0.15, 0.2) is 11.6 Å². The van der Waals surface area contributed by atoms with E-state index in [1.807, 2.05) is 0 Å². The van der Waals surface area contributed by atoms with Gasteiger partial charge in [0, 0.05) is 25.0 Å². The third kappa shape index (κ3) is 6.22. The van der Waals surface area contributed by atoms with Gasteiger partial charge in [-0.25, -0.2) is 21.9 Å². The maximum Gasteiger partial charge on any atom is 0.240 e. The van der Waals surface area contributed by atoms with E-state index in [2.05, 4.69) is 28.8 Å². The summed E-state index contributed by atoms with van der Waals surface area (Å²) < 4.78 is 52.5. The Morgan fingerprint density at radius 3 is 2.44 bits per heavy atom. The normalized spacial score (nSPS) is 16.3. The zero-order valence-corrected chi connectivity index (χ0v) is 16.5. The van der Waals surface area contributed by atoms with Gasteiger partial charge in [0.25, 0.3) is 0 Å². The fourth-order valence-electron chi connectivity index (χ4n) is 3.04. The number of amides is 1. The first-order chi connectivity index (χ1) is 12.6. The van der Waals surface area contributed by atoms with Crippen molar-refractivity contribution in [3.8, 4) is 0 Å². The Morgan fingerprint density at radius 2 is 1.81 bits per heavy atom. The summed E-state index contributed by atoms with van der Waals surface area (Å²) in [4.78, 5) is 14.0. The predicted molar refractivity (Wildman–Crippen MR) is 98.7 cm³/mol. The van der Waals surface area contributed by atoms with Crippen LogP contribution < -0.4 is 10.0 Å². The number of hydrogen-bond donors (Lipinski definition) is 2. The monoisotopic (exact) mass is 403 g/mol. The number of nitrogens with zero attached hydrogens (tertiary/aromatic N) is 1. The van der Waals surface area contributed by atoms with Crippen molar-refractivity contribution in [3.05, 3.63) is 29.8 Å². The predicted octanol–water partition coefficient (Wildman–Crippen LogP) is 2.01. The van der Waals surface area contributed by atoms with E-state index in [9.17, 15) is 22.0 Å². The van der Waals surface area contributed by atoms with Crippen LogP contribution in [0.3, 0.4) is 0 Å². The molecule has 2 N–H and O–H groups in total. The van der Waals surface area contributed by atoms with E-state index in [1.165, 1.54) is 6.42 Å². The summed E-state index contributed by atoms with van der Waals surface area (Å²) in [5.41, 5.74) is -0.165. The maximum absolute atomic E-state index is 13.2. The number of piperidine rings is 1. The SMILES string of the molecule is CC(C)(CNC(=O)CCNS(=O)(=O)c1ccc(F)c(F)c1)N1CCCCC1. The molecular weight excluding hydrogens is 376 g/mol. The second-order valence-electron chi connectivity index (χ2n) is 7.36. The van der Waals surface area contributed by atoms with Crippen LogP contribution in [0.2, 0.25) is 0 Å². The van der Waals surface area contributed by atoms with Gasteiger partial charge >= 0.3 is 0 Å². The molecule has 0 aromatic heterocycles. The van der Waals surface area contributed by atoms with Crippen LogP contribution in [0.1, 0.15) is 39.5 Å². The molecule has 1 heterocycles. The average molecular weight is 403 g/mol. The summed E-state index contributed by atoms with van der Waals surface area (Å²) >= 11 is 0. The van der Waals surface area contributed by atoms with Gasteiger partial charge in [-0.2, -0.15) is 0 Å². The first-order valence-electron chi connectivity index (χ1n) is 9.08. The van der Waals surface area contributed by atoms with Crippen LogP contribution in [0.5, 0.6) is 0 Å². The topological polar surface area (TPSA) is 78.5 Å². The number of carbonyl (C=O) groups excluding carboxylic acids is 1. The minimum absolute atomic E-state index is 0.0427. The van der Waals surface area contributed by atoms with Crippen molar-refractivity contribution >= 4 is 15.9 Å². The maximum atomic E-state index is 13.2. The quantitative estimate of drug-likeness (QED) is 0.696. The molecule has 2 rings (SSSR count). The van der Waals surface area contributed by atoms with E-state index >= 15 is 0 Å². The van der Waals surface area contributed by atoms with Gasteiger partial charge in [0.2, 0.25) is 15.9 Å². The Bertz CT molecular complexity index is 763. The molecule has 1 aliphatic rings. The highest BCUT2D eigenvalue weighted by molar-refractivity contribution is 7.89. The zero-order valence-electron chi connectivity index (χ0n) is 15.7. The molecule has 1 amide bonds. The number of hydrogen-bond acceptors (Lipinski definition) is 4. The Labute approximate surface area is 159 Å². The molecule has 9 heteroatoms. The largest absolute Gasteiger partial charge is 0.354 e. The van der Waals surface area contributed by atoms with Crippen molar-refractivity contribution in [2.45, 2.75) is 50.0 Å². The summed E-state index contributed by atoms with van der Waals surface area (Å²) in [6.45, 7) is 6.52. The van der Waals surface area contributed by atoms with Crippen molar-refractivity contribution in [1.29, 1.82) is 0 Å². The van der Waals surface area contributed by atoms with Crippen molar-refractivity contribution in [2.75, 3.05) is 26.2 Å². The molecule has 6 nitrogen and oxygen atoms in total. The van der Waals surface area contributed by atoms with E-state index in [1.54, 1.807) is 0 Å². The van der Waals surface area contributed by atoms with E-state index in [0.29, 0.717) is 12.6 Å². The minimum atomic E-state index is -4.00. The highest BCUT2D eigenvalue weighted by atomic mass is 32.2. The van der Waals surface area contributed by atoms with Crippen LogP contribution in [0.4, 0.5) is 8.78 Å². The number of benzene rings is 1. The van der Waals surface area contributed by atoms with Crippen LogP contribution in [0, 0.1) is 11.6 Å². The highest BCUT2D eigenvalue weighted by Crippen LogP contribution is 2.19. The summed E-state index contributed by atoms with van der Waals surface area (Å²) in [5.74, 6) is -2.63. The van der Waals surface area contributed by atoms with E-state index in [0.717, 1.165) is 38.1 Å². The molecule has 0 spiro atoms. The van der Waals surface area contributed by atoms with Crippen molar-refractivity contribution in [3.63, 3.8) is 0 Å². The number of rotatable bonds is 8. The summed E-state index contributed by atoms with van der Waals surface area (Å²) in [7, 11) is -4.00. The molecule has 1 fully saturated rings. The lowest BCUT2D eigenvalue weighted by Gasteiger charge is -2.41. The second kappa shape index (κ2) is 9.07. The number of likely N-dealkylation sites (tertiary alicyclic amines) is 1. The summed E-state index contributed by atoms with van der Waals surface area (Å²) in [6, 6.07) is 2.33. The number of halogens is 2. The molecule has 1 aliphatic heterocycles. The molecule has 1 saturated heterocycles. The van der Waals surface area contributed by atoms with Gasteiger partial charge in [0.1, 0.15) is 0 Å². The molecule has 1 aromatic carbocycles. The number of sulfonamides is 1. The Hall–Kier alpha value is -1.58. The Kier molecular flexibility index (Phi) is 7.30. The fraction of sp³-hybridized carbons (Fsp3) is 0.611. The molecule has 0 atom stereocenters. The van der Waals surface area contributed by atoms with Crippen molar-refractivity contribution < 1.29 is 22.0 Å². The second-order valence-corrected chi connectivity index (χ2v) is 9.13. The average Bonchev–Trinajstić information content (AvgIpc) is 2.63. The Balaban J connectivity index is 1.78. The van der Waals surface area contributed by atoms with Gasteiger partial charge < -0.3 is 5.32 Å². The van der Waals surface area contributed by atoms with Gasteiger partial charge in [-0.3, -0.25) is 9.69 Å². The van der Waals surface area contributed by atoms with E-state index in [4.69, 9.17) is 0 Å². The molecule has 0 aliphatic carbocycles. The van der Waals surface area contributed by atoms with Gasteiger partial charge in [0.05, 0.1) is 4.90 Å². The van der Waals surface area contributed by atoms with Crippen LogP contribution in [0.15, 0.2) is 23.1 Å². The molecule has 27 heavy (non-hydrogen) atoms. The van der Waals surface area contributed by atoms with Crippen LogP contribution in [-0.4, -0.2) is 50.9 Å². The number of carbonyl (C=O) groups is 1. The van der Waals surface area contributed by atoms with Gasteiger partial charge in [-0.15, -0.1) is 0 Å². The van der Waals surface area contributed by atoms with Crippen molar-refractivity contribution in [1.82, 2.24) is 14.9 Å². The molecule has 152 valence electrons. The molecule has 1 aromatic rings. The smallest absolute Gasteiger partial charge is 0.240 e. The summed E-state index contributed by atoms with van der Waals surface area (Å²) in [5, 5.41) is 2.84. The van der Waals surface area contributed by atoms with Crippen LogP contribution >= 0.6 is 0 Å². The van der Waals surface area contributed by atoms with Gasteiger partial charge in [-0.05, 0) is 58.0 Å². The lowest BCUT2D eigenvalue weighted by Crippen LogP contribution is -2.53. The first-order valence-corrected chi connectivity index (χ1v) is 10.6. The first kappa shape index (κ1) is 21.7. The van der Waals surface area contributed by atoms with Crippen LogP contribution in [-0.2, 0) is 14.8 Å². The summed E-state index contributed by atoms with van der Waals surface area (Å²) in [6.07, 6.45) is 3.50. The molecule has 0 unspecified atom stereocenters. The fourth-order valence-corrected chi connectivity index (χ4v) is 4.08. The molecule has 0 saturated carbocycles. The van der Waals surface area contributed by atoms with Crippen molar-refractivity contribution in [2.24, 2.45) is 0 Å². The van der Waals surface area contributed by atoms with Crippen LogP contribution in [0.25, 0.3) is 0 Å². The molecule has 0 bridgehead atoms. The highest BCUT2D eigenvalue weighted by Gasteiger charge is 2.28. The molecular formula is C18H27F2N3O3S. The third-order valence-corrected chi connectivity index (χ3v) is 6.23. The molecule has 0 radical (unpaired) electrons. The van der Waals surface area contributed by atoms with Gasteiger partial charge in [-0.1, -0.05) is 6.42 Å². The minimum Gasteiger partial charge on any atom is -0.354 e. The standard InChI is InChI=1S/C18H27F2N3O3S/c1-18(2,23-10-4-3-5-11-23)13-21-17(24)8-9-22-27(25,26)14-6-7-15(19)16(20)12-14/h6-7,12,22H,3-5,8-11,13H2,1-2H3,(H,21,24). The number of nitrogens with one attached hydrogen (secondary N) is 2. The third-order valence-electron chi connectivity index (χ3n) is 4.78.